The van der Waals surface area contributed by atoms with Crippen molar-refractivity contribution >= 4 is 11.6 Å². The van der Waals surface area contributed by atoms with Crippen molar-refractivity contribution in [3.63, 3.8) is 0 Å². The summed E-state index contributed by atoms with van der Waals surface area (Å²) >= 11 is 5.99. The maximum atomic E-state index is 10.9. The highest BCUT2D eigenvalue weighted by atomic mass is 35.5. The molecule has 0 spiro atoms. The Morgan fingerprint density at radius 2 is 1.81 bits per heavy atom. The normalized spacial score (nSPS) is 14.1. The minimum absolute atomic E-state index is 0.0468. The van der Waals surface area contributed by atoms with Gasteiger partial charge >= 0.3 is 0 Å². The lowest BCUT2D eigenvalue weighted by molar-refractivity contribution is 0.131. The summed E-state index contributed by atoms with van der Waals surface area (Å²) in [6, 6.07) is 13.6. The van der Waals surface area contributed by atoms with Crippen LogP contribution in [0.4, 0.5) is 0 Å². The Morgan fingerprint density at radius 1 is 1.11 bits per heavy atom. The number of aliphatic hydroxyl groups is 1. The molecule has 1 aromatic heterocycles. The Kier molecular flexibility index (Phi) is 5.68. The topological polar surface area (TPSA) is 50.9 Å². The van der Waals surface area contributed by atoms with Crippen molar-refractivity contribution in [3.8, 4) is 5.69 Å². The molecule has 27 heavy (non-hydrogen) atoms. The highest BCUT2D eigenvalue weighted by molar-refractivity contribution is 6.30. The molecule has 2 aromatic carbocycles. The summed E-state index contributed by atoms with van der Waals surface area (Å²) in [6.07, 6.45) is 3.29. The Hall–Kier alpha value is -2.17. The Bertz CT molecular complexity index is 883. The van der Waals surface area contributed by atoms with Crippen molar-refractivity contribution < 1.29 is 5.11 Å². The molecule has 1 N–H and O–H groups in total. The molecule has 0 amide bonds. The first kappa shape index (κ1) is 19.6. The Morgan fingerprint density at radius 3 is 2.41 bits per heavy atom. The minimum Gasteiger partial charge on any atom is -0.388 e. The molecular weight excluding hydrogens is 358 g/mol. The molecule has 0 bridgehead atoms. The first-order valence-electron chi connectivity index (χ1n) is 9.15. The highest BCUT2D eigenvalue weighted by Gasteiger charge is 2.32. The number of aromatic nitrogens is 3. The molecule has 3 aromatic rings. The van der Waals surface area contributed by atoms with Crippen LogP contribution in [0.5, 0.6) is 0 Å². The predicted molar refractivity (Wildman–Crippen MR) is 109 cm³/mol. The molecule has 0 aliphatic carbocycles. The Labute approximate surface area is 165 Å². The van der Waals surface area contributed by atoms with E-state index in [1.165, 1.54) is 11.1 Å². The van der Waals surface area contributed by atoms with Crippen LogP contribution in [0, 0.1) is 12.3 Å². The van der Waals surface area contributed by atoms with Crippen LogP contribution in [-0.2, 0) is 0 Å². The van der Waals surface area contributed by atoms with Gasteiger partial charge in [0.2, 0.25) is 0 Å². The second-order valence-corrected chi connectivity index (χ2v) is 8.51. The van der Waals surface area contributed by atoms with Crippen LogP contribution < -0.4 is 0 Å². The summed E-state index contributed by atoms with van der Waals surface area (Å²) in [5, 5.41) is 15.9. The van der Waals surface area contributed by atoms with E-state index in [0.717, 1.165) is 11.3 Å². The maximum absolute atomic E-state index is 10.9. The van der Waals surface area contributed by atoms with Crippen molar-refractivity contribution in [2.45, 2.75) is 46.1 Å². The SMILES string of the molecule is Cc1cccc(-n2cncn2)c1C(CC(O)c1ccc(Cl)cc1)C(C)(C)C. The van der Waals surface area contributed by atoms with E-state index in [1.807, 2.05) is 30.3 Å². The van der Waals surface area contributed by atoms with E-state index in [1.54, 1.807) is 17.3 Å². The molecule has 4 nitrogen and oxygen atoms in total. The van der Waals surface area contributed by atoms with Gasteiger partial charge in [0.1, 0.15) is 12.7 Å². The second-order valence-electron chi connectivity index (χ2n) is 8.07. The first-order chi connectivity index (χ1) is 12.8. The van der Waals surface area contributed by atoms with Crippen LogP contribution in [0.15, 0.2) is 55.1 Å². The zero-order chi connectivity index (χ0) is 19.6. The smallest absolute Gasteiger partial charge is 0.138 e. The van der Waals surface area contributed by atoms with Gasteiger partial charge in [0.25, 0.3) is 0 Å². The predicted octanol–water partition coefficient (Wildman–Crippen LogP) is 5.48. The third kappa shape index (κ3) is 4.40. The minimum atomic E-state index is -0.574. The molecule has 2 unspecified atom stereocenters. The van der Waals surface area contributed by atoms with Crippen molar-refractivity contribution in [3.05, 3.63) is 76.8 Å². The van der Waals surface area contributed by atoms with Crippen LogP contribution in [0.3, 0.4) is 0 Å². The largest absolute Gasteiger partial charge is 0.388 e. The van der Waals surface area contributed by atoms with E-state index in [2.05, 4.69) is 49.9 Å². The van der Waals surface area contributed by atoms with E-state index in [0.29, 0.717) is 11.4 Å². The lowest BCUT2D eigenvalue weighted by Crippen LogP contribution is -2.23. The first-order valence-corrected chi connectivity index (χ1v) is 9.53. The second kappa shape index (κ2) is 7.83. The molecule has 0 fully saturated rings. The van der Waals surface area contributed by atoms with Crippen LogP contribution in [0.25, 0.3) is 5.69 Å². The third-order valence-electron chi connectivity index (χ3n) is 5.07. The van der Waals surface area contributed by atoms with Gasteiger partial charge in [-0.05, 0) is 59.6 Å². The molecule has 5 heteroatoms. The molecule has 0 aliphatic rings. The average Bonchev–Trinajstić information content (AvgIpc) is 3.14. The van der Waals surface area contributed by atoms with Crippen LogP contribution in [0.1, 0.15) is 55.9 Å². The summed E-state index contributed by atoms with van der Waals surface area (Å²) in [4.78, 5) is 4.10. The molecule has 0 saturated carbocycles. The van der Waals surface area contributed by atoms with Gasteiger partial charge in [-0.2, -0.15) is 5.10 Å². The standard InChI is InChI=1S/C22H26ClN3O/c1-15-6-5-7-19(26-14-24-13-25-26)21(15)18(22(2,3)4)12-20(27)16-8-10-17(23)11-9-16/h5-11,13-14,18,20,27H,12H2,1-4H3. The fourth-order valence-corrected chi connectivity index (χ4v) is 3.73. The summed E-state index contributed by atoms with van der Waals surface area (Å²) in [6.45, 7) is 8.75. The van der Waals surface area contributed by atoms with Crippen LogP contribution in [-0.4, -0.2) is 19.9 Å². The molecule has 0 radical (unpaired) electrons. The van der Waals surface area contributed by atoms with Gasteiger partial charge in [0.15, 0.2) is 0 Å². The third-order valence-corrected chi connectivity index (χ3v) is 5.33. The zero-order valence-corrected chi connectivity index (χ0v) is 17.0. The molecule has 2 atom stereocenters. The van der Waals surface area contributed by atoms with Crippen LogP contribution >= 0.6 is 11.6 Å². The van der Waals surface area contributed by atoms with Crippen LogP contribution in [0.2, 0.25) is 5.02 Å². The monoisotopic (exact) mass is 383 g/mol. The van der Waals surface area contributed by atoms with Crippen molar-refractivity contribution in [1.82, 2.24) is 14.8 Å². The van der Waals surface area contributed by atoms with Gasteiger partial charge in [-0.15, -0.1) is 0 Å². The van der Waals surface area contributed by atoms with Gasteiger partial charge in [0, 0.05) is 5.02 Å². The van der Waals surface area contributed by atoms with E-state index in [4.69, 9.17) is 11.6 Å². The lowest BCUT2D eigenvalue weighted by atomic mass is 9.71. The summed E-state index contributed by atoms with van der Waals surface area (Å²) < 4.78 is 1.80. The number of nitrogens with zero attached hydrogens (tertiary/aromatic N) is 3. The molecular formula is C22H26ClN3O. The lowest BCUT2D eigenvalue weighted by Gasteiger charge is -2.35. The van der Waals surface area contributed by atoms with Gasteiger partial charge in [-0.3, -0.25) is 0 Å². The number of rotatable bonds is 5. The van der Waals surface area contributed by atoms with E-state index in [-0.39, 0.29) is 11.3 Å². The number of halogens is 1. The number of hydrogen-bond acceptors (Lipinski definition) is 3. The number of hydrogen-bond donors (Lipinski definition) is 1. The van der Waals surface area contributed by atoms with E-state index >= 15 is 0 Å². The molecule has 142 valence electrons. The van der Waals surface area contributed by atoms with Crippen molar-refractivity contribution in [2.75, 3.05) is 0 Å². The summed E-state index contributed by atoms with van der Waals surface area (Å²) in [7, 11) is 0. The highest BCUT2D eigenvalue weighted by Crippen LogP contribution is 2.44. The maximum Gasteiger partial charge on any atom is 0.138 e. The quantitative estimate of drug-likeness (QED) is 0.634. The average molecular weight is 384 g/mol. The Balaban J connectivity index is 2.03. The number of benzene rings is 2. The number of aryl methyl sites for hydroxylation is 1. The summed E-state index contributed by atoms with van der Waals surface area (Å²) in [5.74, 6) is 0.128. The van der Waals surface area contributed by atoms with E-state index in [9.17, 15) is 5.11 Å². The fraction of sp³-hybridized carbons (Fsp3) is 0.364. The van der Waals surface area contributed by atoms with Gasteiger partial charge in [-0.1, -0.05) is 56.6 Å². The fourth-order valence-electron chi connectivity index (χ4n) is 3.60. The molecule has 0 aliphatic heterocycles. The van der Waals surface area contributed by atoms with Gasteiger partial charge in [0.05, 0.1) is 11.8 Å². The van der Waals surface area contributed by atoms with Gasteiger partial charge < -0.3 is 5.11 Å². The number of aliphatic hydroxyl groups excluding tert-OH is 1. The molecule has 1 heterocycles. The molecule has 3 rings (SSSR count). The molecule has 0 saturated heterocycles. The van der Waals surface area contributed by atoms with Crippen molar-refractivity contribution in [2.24, 2.45) is 5.41 Å². The van der Waals surface area contributed by atoms with Gasteiger partial charge in [-0.25, -0.2) is 9.67 Å². The van der Waals surface area contributed by atoms with E-state index < -0.39 is 6.10 Å². The zero-order valence-electron chi connectivity index (χ0n) is 16.2. The summed E-state index contributed by atoms with van der Waals surface area (Å²) in [5.41, 5.74) is 4.23. The van der Waals surface area contributed by atoms with Crippen molar-refractivity contribution in [1.29, 1.82) is 0 Å².